The Labute approximate surface area is 123 Å². The van der Waals surface area contributed by atoms with Crippen LogP contribution in [0.25, 0.3) is 0 Å². The van der Waals surface area contributed by atoms with Gasteiger partial charge in [0, 0.05) is 12.2 Å². The van der Waals surface area contributed by atoms with Gasteiger partial charge in [0.05, 0.1) is 29.8 Å². The molecule has 0 aliphatic heterocycles. The molecule has 0 atom stereocenters. The van der Waals surface area contributed by atoms with Gasteiger partial charge in [-0.2, -0.15) is 5.26 Å². The van der Waals surface area contributed by atoms with E-state index in [4.69, 9.17) is 22.0 Å². The summed E-state index contributed by atoms with van der Waals surface area (Å²) in [6.07, 6.45) is 0.410. The number of aliphatic hydroxyl groups is 1. The van der Waals surface area contributed by atoms with Crippen LogP contribution in [0, 0.1) is 11.3 Å². The maximum absolute atomic E-state index is 9.13. The number of benzene rings is 2. The number of rotatable bonds is 5. The second-order valence-electron chi connectivity index (χ2n) is 4.34. The average molecular weight is 287 g/mol. The molecule has 0 bridgehead atoms. The van der Waals surface area contributed by atoms with E-state index in [2.05, 4.69) is 6.07 Å². The van der Waals surface area contributed by atoms with Crippen molar-refractivity contribution in [3.05, 3.63) is 59.1 Å². The fraction of sp³-hybridized carbons (Fsp3) is 0.188. The van der Waals surface area contributed by atoms with Crippen LogP contribution in [0.15, 0.2) is 48.5 Å². The molecule has 2 aromatic carbocycles. The zero-order chi connectivity index (χ0) is 14.4. The number of anilines is 2. The zero-order valence-electron chi connectivity index (χ0n) is 11.0. The van der Waals surface area contributed by atoms with Crippen LogP contribution in [0.4, 0.5) is 11.4 Å². The first-order valence-corrected chi connectivity index (χ1v) is 6.73. The molecule has 0 spiro atoms. The van der Waals surface area contributed by atoms with Crippen molar-refractivity contribution in [2.45, 2.75) is 13.0 Å². The van der Waals surface area contributed by atoms with E-state index in [9.17, 15) is 0 Å². The summed E-state index contributed by atoms with van der Waals surface area (Å²) in [4.78, 5) is 2.01. The maximum atomic E-state index is 9.13. The van der Waals surface area contributed by atoms with Crippen molar-refractivity contribution in [2.24, 2.45) is 0 Å². The zero-order valence-corrected chi connectivity index (χ0v) is 11.7. The number of para-hydroxylation sites is 1. The molecule has 1 N–H and O–H groups in total. The van der Waals surface area contributed by atoms with E-state index in [0.29, 0.717) is 18.0 Å². The van der Waals surface area contributed by atoms with Gasteiger partial charge in [0.25, 0.3) is 0 Å². The maximum Gasteiger partial charge on any atom is 0.0682 e. The molecule has 0 unspecified atom stereocenters. The highest BCUT2D eigenvalue weighted by Crippen LogP contribution is 2.32. The van der Waals surface area contributed by atoms with Crippen LogP contribution >= 0.6 is 11.6 Å². The second kappa shape index (κ2) is 6.95. The molecule has 0 aliphatic rings. The van der Waals surface area contributed by atoms with Crippen LogP contribution < -0.4 is 4.90 Å². The largest absolute Gasteiger partial charge is 0.392 e. The summed E-state index contributed by atoms with van der Waals surface area (Å²) in [6, 6.07) is 17.4. The Morgan fingerprint density at radius 1 is 1.15 bits per heavy atom. The lowest BCUT2D eigenvalue weighted by Gasteiger charge is -2.25. The number of hydrogen-bond donors (Lipinski definition) is 1. The molecule has 2 rings (SSSR count). The Kier molecular flexibility index (Phi) is 5.00. The van der Waals surface area contributed by atoms with Gasteiger partial charge in [-0.05, 0) is 29.8 Å². The SMILES string of the molecule is N#CCCN(c1ccccc1)c1ccc(CO)cc1Cl. The fourth-order valence-electron chi connectivity index (χ4n) is 2.03. The highest BCUT2D eigenvalue weighted by molar-refractivity contribution is 6.33. The molecule has 0 amide bonds. The molecule has 0 saturated carbocycles. The molecule has 102 valence electrons. The lowest BCUT2D eigenvalue weighted by molar-refractivity contribution is 0.282. The molecule has 2 aromatic rings. The molecule has 0 aromatic heterocycles. The first kappa shape index (κ1) is 14.4. The predicted octanol–water partition coefficient (Wildman–Crippen LogP) is 3.88. The van der Waals surface area contributed by atoms with Gasteiger partial charge in [0.15, 0.2) is 0 Å². The Hall–Kier alpha value is -2.02. The number of halogens is 1. The van der Waals surface area contributed by atoms with Crippen molar-refractivity contribution < 1.29 is 5.11 Å². The molecular formula is C16H15ClN2O. The Balaban J connectivity index is 2.39. The van der Waals surface area contributed by atoms with Gasteiger partial charge in [-0.1, -0.05) is 35.9 Å². The van der Waals surface area contributed by atoms with Crippen molar-refractivity contribution in [3.8, 4) is 6.07 Å². The normalized spacial score (nSPS) is 10.1. The van der Waals surface area contributed by atoms with Crippen LogP contribution in [0.1, 0.15) is 12.0 Å². The van der Waals surface area contributed by atoms with Gasteiger partial charge in [0.1, 0.15) is 0 Å². The fourth-order valence-corrected chi connectivity index (χ4v) is 2.33. The van der Waals surface area contributed by atoms with Gasteiger partial charge in [-0.3, -0.25) is 0 Å². The summed E-state index contributed by atoms with van der Waals surface area (Å²) in [5, 5.41) is 18.5. The number of nitrogens with zero attached hydrogens (tertiary/aromatic N) is 2. The summed E-state index contributed by atoms with van der Waals surface area (Å²) in [7, 11) is 0. The highest BCUT2D eigenvalue weighted by atomic mass is 35.5. The van der Waals surface area contributed by atoms with Gasteiger partial charge < -0.3 is 10.0 Å². The molecule has 0 aliphatic carbocycles. The van der Waals surface area contributed by atoms with Crippen molar-refractivity contribution in [3.63, 3.8) is 0 Å². The first-order chi connectivity index (χ1) is 9.76. The van der Waals surface area contributed by atoms with Gasteiger partial charge in [-0.15, -0.1) is 0 Å². The molecule has 4 heteroatoms. The summed E-state index contributed by atoms with van der Waals surface area (Å²) in [5.41, 5.74) is 2.60. The van der Waals surface area contributed by atoms with E-state index in [1.54, 1.807) is 6.07 Å². The smallest absolute Gasteiger partial charge is 0.0682 e. The van der Waals surface area contributed by atoms with Gasteiger partial charge in [0.2, 0.25) is 0 Å². The Morgan fingerprint density at radius 3 is 2.50 bits per heavy atom. The monoisotopic (exact) mass is 286 g/mol. The number of hydrogen-bond acceptors (Lipinski definition) is 3. The predicted molar refractivity (Wildman–Crippen MR) is 81.1 cm³/mol. The van der Waals surface area contributed by atoms with Crippen molar-refractivity contribution >= 4 is 23.0 Å². The summed E-state index contributed by atoms with van der Waals surface area (Å²) in [5.74, 6) is 0. The third-order valence-corrected chi connectivity index (χ3v) is 3.30. The average Bonchev–Trinajstić information content (AvgIpc) is 2.50. The van der Waals surface area contributed by atoms with Crippen LogP contribution in [-0.4, -0.2) is 11.7 Å². The minimum absolute atomic E-state index is 0.0382. The van der Waals surface area contributed by atoms with Gasteiger partial charge in [-0.25, -0.2) is 0 Å². The number of aliphatic hydroxyl groups excluding tert-OH is 1. The molecule has 0 heterocycles. The topological polar surface area (TPSA) is 47.3 Å². The minimum Gasteiger partial charge on any atom is -0.392 e. The Bertz CT molecular complexity index is 608. The molecular weight excluding hydrogens is 272 g/mol. The van der Waals surface area contributed by atoms with E-state index in [1.807, 2.05) is 47.4 Å². The highest BCUT2D eigenvalue weighted by Gasteiger charge is 2.12. The van der Waals surface area contributed by atoms with Crippen LogP contribution in [0.3, 0.4) is 0 Å². The second-order valence-corrected chi connectivity index (χ2v) is 4.75. The Morgan fingerprint density at radius 2 is 1.90 bits per heavy atom. The van der Waals surface area contributed by atoms with Crippen molar-refractivity contribution in [1.82, 2.24) is 0 Å². The van der Waals surface area contributed by atoms with Crippen LogP contribution in [0.2, 0.25) is 5.02 Å². The standard InChI is InChI=1S/C16H15ClN2O/c17-15-11-13(12-20)7-8-16(15)19(10-4-9-18)14-5-2-1-3-6-14/h1-3,5-8,11,20H,4,10,12H2. The number of nitriles is 1. The van der Waals surface area contributed by atoms with E-state index in [0.717, 1.165) is 16.9 Å². The van der Waals surface area contributed by atoms with E-state index >= 15 is 0 Å². The van der Waals surface area contributed by atoms with Crippen LogP contribution in [-0.2, 0) is 6.61 Å². The van der Waals surface area contributed by atoms with Crippen molar-refractivity contribution in [2.75, 3.05) is 11.4 Å². The van der Waals surface area contributed by atoms with Crippen molar-refractivity contribution in [1.29, 1.82) is 5.26 Å². The lowest BCUT2D eigenvalue weighted by Crippen LogP contribution is -2.18. The molecule has 3 nitrogen and oxygen atoms in total. The first-order valence-electron chi connectivity index (χ1n) is 6.35. The lowest BCUT2D eigenvalue weighted by atomic mass is 10.1. The van der Waals surface area contributed by atoms with Gasteiger partial charge >= 0.3 is 0 Å². The quantitative estimate of drug-likeness (QED) is 0.907. The molecule has 0 fully saturated rings. The third kappa shape index (κ3) is 3.30. The molecule has 20 heavy (non-hydrogen) atoms. The van der Waals surface area contributed by atoms with E-state index in [-0.39, 0.29) is 6.61 Å². The third-order valence-electron chi connectivity index (χ3n) is 3.00. The molecule has 0 radical (unpaired) electrons. The molecule has 0 saturated heterocycles. The summed E-state index contributed by atoms with van der Waals surface area (Å²) in [6.45, 7) is 0.530. The van der Waals surface area contributed by atoms with E-state index in [1.165, 1.54) is 0 Å². The van der Waals surface area contributed by atoms with E-state index < -0.39 is 0 Å². The summed E-state index contributed by atoms with van der Waals surface area (Å²) < 4.78 is 0. The summed E-state index contributed by atoms with van der Waals surface area (Å²) >= 11 is 6.30. The van der Waals surface area contributed by atoms with Crippen LogP contribution in [0.5, 0.6) is 0 Å². The minimum atomic E-state index is -0.0382.